The molecule has 1 atom stereocenters. The quantitative estimate of drug-likeness (QED) is 0.691. The molecule has 106 valence electrons. The highest BCUT2D eigenvalue weighted by Crippen LogP contribution is 2.24. The van der Waals surface area contributed by atoms with E-state index in [4.69, 9.17) is 5.73 Å². The van der Waals surface area contributed by atoms with Crippen LogP contribution in [0.25, 0.3) is 0 Å². The standard InChI is InChI=1S/C14H29N3O/c1-4-10-16-14(3,13(15)18)11-17(5-2)12-8-6-7-9-12/h12,16H,4-11H2,1-3H3,(H2,15,18). The highest BCUT2D eigenvalue weighted by molar-refractivity contribution is 5.84. The van der Waals surface area contributed by atoms with Crippen molar-refractivity contribution in [3.63, 3.8) is 0 Å². The number of nitrogens with two attached hydrogens (primary N) is 1. The predicted octanol–water partition coefficient (Wildman–Crippen LogP) is 1.49. The SMILES string of the molecule is CCCNC(C)(CN(CC)C1CCCC1)C(N)=O. The minimum absolute atomic E-state index is 0.243. The first-order valence-electron chi connectivity index (χ1n) is 7.32. The Hall–Kier alpha value is -0.610. The van der Waals surface area contributed by atoms with E-state index in [1.165, 1.54) is 25.7 Å². The fourth-order valence-corrected chi connectivity index (χ4v) is 2.80. The zero-order chi connectivity index (χ0) is 13.6. The zero-order valence-electron chi connectivity index (χ0n) is 12.2. The van der Waals surface area contributed by atoms with Crippen LogP contribution in [0.3, 0.4) is 0 Å². The fraction of sp³-hybridized carbons (Fsp3) is 0.929. The first-order chi connectivity index (χ1) is 8.53. The molecule has 0 heterocycles. The summed E-state index contributed by atoms with van der Waals surface area (Å²) in [6.07, 6.45) is 6.17. The second kappa shape index (κ2) is 7.10. The number of hydrogen-bond acceptors (Lipinski definition) is 3. The van der Waals surface area contributed by atoms with Crippen molar-refractivity contribution in [2.24, 2.45) is 5.73 Å². The molecule has 0 spiro atoms. The maximum absolute atomic E-state index is 11.7. The van der Waals surface area contributed by atoms with Gasteiger partial charge in [0.15, 0.2) is 0 Å². The molecular weight excluding hydrogens is 226 g/mol. The van der Waals surface area contributed by atoms with Gasteiger partial charge in [0.25, 0.3) is 0 Å². The summed E-state index contributed by atoms with van der Waals surface area (Å²) in [6.45, 7) is 8.75. The molecule has 0 aromatic carbocycles. The van der Waals surface area contributed by atoms with Gasteiger partial charge in [0.2, 0.25) is 5.91 Å². The number of rotatable bonds is 8. The summed E-state index contributed by atoms with van der Waals surface area (Å²) in [6, 6.07) is 0.636. The Morgan fingerprint density at radius 3 is 2.44 bits per heavy atom. The summed E-state index contributed by atoms with van der Waals surface area (Å²) in [4.78, 5) is 14.1. The van der Waals surface area contributed by atoms with Gasteiger partial charge in [0.05, 0.1) is 0 Å². The summed E-state index contributed by atoms with van der Waals surface area (Å²) >= 11 is 0. The van der Waals surface area contributed by atoms with Crippen LogP contribution >= 0.6 is 0 Å². The van der Waals surface area contributed by atoms with Crippen LogP contribution in [0.4, 0.5) is 0 Å². The first-order valence-corrected chi connectivity index (χ1v) is 7.32. The fourth-order valence-electron chi connectivity index (χ4n) is 2.80. The number of nitrogens with zero attached hydrogens (tertiary/aromatic N) is 1. The highest BCUT2D eigenvalue weighted by Gasteiger charge is 2.34. The number of carbonyl (C=O) groups excluding carboxylic acids is 1. The van der Waals surface area contributed by atoms with Gasteiger partial charge in [0, 0.05) is 12.6 Å². The van der Waals surface area contributed by atoms with E-state index in [2.05, 4.69) is 24.1 Å². The summed E-state index contributed by atoms with van der Waals surface area (Å²) in [5.74, 6) is -0.243. The smallest absolute Gasteiger partial charge is 0.238 e. The molecule has 1 amide bonds. The van der Waals surface area contributed by atoms with Gasteiger partial charge in [-0.1, -0.05) is 26.7 Å². The van der Waals surface area contributed by atoms with Crippen molar-refractivity contribution in [2.75, 3.05) is 19.6 Å². The van der Waals surface area contributed by atoms with Gasteiger partial charge in [-0.3, -0.25) is 9.69 Å². The van der Waals surface area contributed by atoms with E-state index in [0.29, 0.717) is 6.04 Å². The van der Waals surface area contributed by atoms with Crippen molar-refractivity contribution in [3.8, 4) is 0 Å². The van der Waals surface area contributed by atoms with Crippen molar-refractivity contribution in [2.45, 2.75) is 64.5 Å². The van der Waals surface area contributed by atoms with E-state index in [1.54, 1.807) is 0 Å². The van der Waals surface area contributed by atoms with E-state index < -0.39 is 5.54 Å². The number of primary amides is 1. The number of nitrogens with one attached hydrogen (secondary N) is 1. The third-order valence-corrected chi connectivity index (χ3v) is 4.08. The normalized spacial score (nSPS) is 20.2. The van der Waals surface area contributed by atoms with Gasteiger partial charge in [-0.25, -0.2) is 0 Å². The van der Waals surface area contributed by atoms with Gasteiger partial charge < -0.3 is 11.1 Å². The minimum Gasteiger partial charge on any atom is -0.368 e. The van der Waals surface area contributed by atoms with Crippen LogP contribution in [0, 0.1) is 0 Å². The lowest BCUT2D eigenvalue weighted by molar-refractivity contribution is -0.124. The van der Waals surface area contributed by atoms with E-state index in [1.807, 2.05) is 6.92 Å². The molecule has 0 aromatic rings. The molecule has 3 N–H and O–H groups in total. The molecule has 0 aliphatic heterocycles. The zero-order valence-corrected chi connectivity index (χ0v) is 12.2. The van der Waals surface area contributed by atoms with Gasteiger partial charge in [0.1, 0.15) is 5.54 Å². The first kappa shape index (κ1) is 15.4. The van der Waals surface area contributed by atoms with Crippen LogP contribution in [-0.4, -0.2) is 42.0 Å². The molecular formula is C14H29N3O. The van der Waals surface area contributed by atoms with Crippen LogP contribution in [-0.2, 0) is 4.79 Å². The highest BCUT2D eigenvalue weighted by atomic mass is 16.1. The minimum atomic E-state index is -0.603. The van der Waals surface area contributed by atoms with Crippen molar-refractivity contribution in [1.29, 1.82) is 0 Å². The molecule has 0 aromatic heterocycles. The maximum atomic E-state index is 11.7. The predicted molar refractivity (Wildman–Crippen MR) is 75.4 cm³/mol. The van der Waals surface area contributed by atoms with Crippen molar-refractivity contribution >= 4 is 5.91 Å². The van der Waals surface area contributed by atoms with Crippen LogP contribution in [0.1, 0.15) is 52.9 Å². The molecule has 1 saturated carbocycles. The number of likely N-dealkylation sites (N-methyl/N-ethyl adjacent to an activating group) is 1. The molecule has 4 nitrogen and oxygen atoms in total. The van der Waals surface area contributed by atoms with Crippen LogP contribution in [0.5, 0.6) is 0 Å². The summed E-state index contributed by atoms with van der Waals surface area (Å²) in [5, 5.41) is 3.32. The Bertz CT molecular complexity index is 264. The largest absolute Gasteiger partial charge is 0.368 e. The number of hydrogen-bond donors (Lipinski definition) is 2. The van der Waals surface area contributed by atoms with E-state index in [9.17, 15) is 4.79 Å². The Kier molecular flexibility index (Phi) is 6.09. The number of amides is 1. The molecule has 0 radical (unpaired) electrons. The van der Waals surface area contributed by atoms with E-state index in [-0.39, 0.29) is 5.91 Å². The Balaban J connectivity index is 2.64. The third kappa shape index (κ3) is 3.95. The topological polar surface area (TPSA) is 58.4 Å². The Morgan fingerprint density at radius 2 is 2.00 bits per heavy atom. The van der Waals surface area contributed by atoms with E-state index in [0.717, 1.165) is 26.1 Å². The lowest BCUT2D eigenvalue weighted by Crippen LogP contribution is -2.60. The van der Waals surface area contributed by atoms with Gasteiger partial charge in [-0.15, -0.1) is 0 Å². The molecule has 1 rings (SSSR count). The van der Waals surface area contributed by atoms with Crippen LogP contribution in [0.15, 0.2) is 0 Å². The molecule has 1 unspecified atom stereocenters. The maximum Gasteiger partial charge on any atom is 0.238 e. The average molecular weight is 255 g/mol. The summed E-state index contributed by atoms with van der Waals surface area (Å²) in [5.41, 5.74) is 4.98. The molecule has 0 bridgehead atoms. The monoisotopic (exact) mass is 255 g/mol. The lowest BCUT2D eigenvalue weighted by Gasteiger charge is -2.36. The van der Waals surface area contributed by atoms with Gasteiger partial charge >= 0.3 is 0 Å². The molecule has 1 aliphatic rings. The van der Waals surface area contributed by atoms with Crippen molar-refractivity contribution in [3.05, 3.63) is 0 Å². The van der Waals surface area contributed by atoms with Crippen molar-refractivity contribution < 1.29 is 4.79 Å². The molecule has 1 aliphatic carbocycles. The van der Waals surface area contributed by atoms with Crippen LogP contribution < -0.4 is 11.1 Å². The number of carbonyl (C=O) groups is 1. The lowest BCUT2D eigenvalue weighted by atomic mass is 9.99. The second-order valence-electron chi connectivity index (χ2n) is 5.62. The average Bonchev–Trinajstić information content (AvgIpc) is 2.87. The molecule has 0 saturated heterocycles. The Labute approximate surface area is 111 Å². The van der Waals surface area contributed by atoms with Crippen molar-refractivity contribution in [1.82, 2.24) is 10.2 Å². The molecule has 4 heteroatoms. The summed E-state index contributed by atoms with van der Waals surface area (Å²) < 4.78 is 0. The second-order valence-corrected chi connectivity index (χ2v) is 5.62. The van der Waals surface area contributed by atoms with Crippen LogP contribution in [0.2, 0.25) is 0 Å². The Morgan fingerprint density at radius 1 is 1.39 bits per heavy atom. The molecule has 1 fully saturated rings. The van der Waals surface area contributed by atoms with Gasteiger partial charge in [-0.05, 0) is 39.3 Å². The van der Waals surface area contributed by atoms with E-state index >= 15 is 0 Å². The third-order valence-electron chi connectivity index (χ3n) is 4.08. The van der Waals surface area contributed by atoms with Gasteiger partial charge in [-0.2, -0.15) is 0 Å². The summed E-state index contributed by atoms with van der Waals surface area (Å²) in [7, 11) is 0. The molecule has 18 heavy (non-hydrogen) atoms.